The van der Waals surface area contributed by atoms with Crippen molar-refractivity contribution in [3.05, 3.63) is 74.3 Å². The van der Waals surface area contributed by atoms with Crippen LogP contribution in [0.3, 0.4) is 0 Å². The van der Waals surface area contributed by atoms with Crippen molar-refractivity contribution in [2.75, 3.05) is 31.3 Å². The molecule has 252 valence electrons. The average Bonchev–Trinajstić information content (AvgIpc) is 3.04. The van der Waals surface area contributed by atoms with Gasteiger partial charge in [0.2, 0.25) is 0 Å². The van der Waals surface area contributed by atoms with Crippen molar-refractivity contribution in [2.45, 2.75) is 64.7 Å². The second kappa shape index (κ2) is 13.4. The zero-order valence-corrected chi connectivity index (χ0v) is 26.4. The molecule has 0 aliphatic carbocycles. The molecule has 1 fully saturated rings. The predicted molar refractivity (Wildman–Crippen MR) is 163 cm³/mol. The van der Waals surface area contributed by atoms with Gasteiger partial charge in [0.15, 0.2) is 5.78 Å². The van der Waals surface area contributed by atoms with Gasteiger partial charge in [0.25, 0.3) is 11.5 Å². The number of carbonyl (C=O) groups excluding carboxylic acids is 2. The maximum Gasteiger partial charge on any atom is 0.411 e. The standard InChI is InChI=1S/C33H35F5N4O5/c1-5-26(43)25(40-31(44)28-23(34)14-20(15-24(28)35)42-10-12-46-16-27(42)33(36,37)38)13-19-8-9-22(30-21(19)7-6-11-47-30)29-32(45)41(4)18(3)17(2)39-29/h8-9,14-15,25,27H,5-7,10-13,16H2,1-4H3,(H,40,44)/t25-,27+/m0/s1. The highest BCUT2D eigenvalue weighted by molar-refractivity contribution is 5.98. The van der Waals surface area contributed by atoms with Gasteiger partial charge in [-0.2, -0.15) is 13.2 Å². The number of nitrogens with one attached hydrogen (secondary N) is 1. The maximum atomic E-state index is 15.3. The van der Waals surface area contributed by atoms with Gasteiger partial charge in [-0.05, 0) is 56.0 Å². The third kappa shape index (κ3) is 6.74. The number of carbonyl (C=O) groups is 2. The molecule has 0 spiro atoms. The van der Waals surface area contributed by atoms with Gasteiger partial charge in [0.05, 0.1) is 31.6 Å². The van der Waals surface area contributed by atoms with Crippen LogP contribution in [0, 0.1) is 25.5 Å². The molecule has 14 heteroatoms. The lowest BCUT2D eigenvalue weighted by atomic mass is 9.90. The SMILES string of the molecule is CCC(=O)[C@H](Cc1ccc(-c2nc(C)c(C)n(C)c2=O)c2c1CCCO2)NC(=O)c1c(F)cc(N2CCOC[C@@H]2C(F)(F)F)cc1F. The Labute approximate surface area is 267 Å². The molecule has 2 atom stereocenters. The molecule has 1 saturated heterocycles. The summed E-state index contributed by atoms with van der Waals surface area (Å²) in [6, 6.07) is 1.44. The summed E-state index contributed by atoms with van der Waals surface area (Å²) in [6.45, 7) is 4.52. The fraction of sp³-hybridized carbons (Fsp3) is 0.455. The summed E-state index contributed by atoms with van der Waals surface area (Å²) in [5, 5.41) is 2.44. The Morgan fingerprint density at radius 1 is 1.13 bits per heavy atom. The van der Waals surface area contributed by atoms with E-state index < -0.39 is 53.8 Å². The molecule has 0 saturated carbocycles. The summed E-state index contributed by atoms with van der Waals surface area (Å²) >= 11 is 0. The van der Waals surface area contributed by atoms with Crippen molar-refractivity contribution in [3.8, 4) is 17.0 Å². The van der Waals surface area contributed by atoms with Crippen LogP contribution in [-0.4, -0.2) is 65.9 Å². The molecule has 1 amide bonds. The van der Waals surface area contributed by atoms with Crippen LogP contribution in [0.15, 0.2) is 29.1 Å². The van der Waals surface area contributed by atoms with Gasteiger partial charge in [-0.3, -0.25) is 14.4 Å². The van der Waals surface area contributed by atoms with Crippen LogP contribution in [0.5, 0.6) is 5.75 Å². The van der Waals surface area contributed by atoms with Crippen molar-refractivity contribution in [1.29, 1.82) is 0 Å². The lowest BCUT2D eigenvalue weighted by Crippen LogP contribution is -2.53. The number of aryl methyl sites for hydroxylation is 1. The molecule has 3 aromatic rings. The number of fused-ring (bicyclic) bond motifs is 1. The highest BCUT2D eigenvalue weighted by Gasteiger charge is 2.46. The van der Waals surface area contributed by atoms with Crippen molar-refractivity contribution in [1.82, 2.24) is 14.9 Å². The largest absolute Gasteiger partial charge is 0.493 e. The number of hydrogen-bond acceptors (Lipinski definition) is 7. The fourth-order valence-electron chi connectivity index (χ4n) is 6.00. The Balaban J connectivity index is 1.45. The number of morpholine rings is 1. The molecule has 2 aliphatic heterocycles. The van der Waals surface area contributed by atoms with E-state index in [1.807, 2.05) is 0 Å². The highest BCUT2D eigenvalue weighted by atomic mass is 19.4. The van der Waals surface area contributed by atoms with Crippen LogP contribution in [-0.2, 0) is 29.4 Å². The number of rotatable bonds is 8. The van der Waals surface area contributed by atoms with Crippen LogP contribution >= 0.6 is 0 Å². The molecule has 2 aliphatic rings. The van der Waals surface area contributed by atoms with Crippen molar-refractivity contribution in [3.63, 3.8) is 0 Å². The first-order chi connectivity index (χ1) is 22.2. The van der Waals surface area contributed by atoms with Crippen molar-refractivity contribution in [2.24, 2.45) is 7.05 Å². The van der Waals surface area contributed by atoms with E-state index in [2.05, 4.69) is 10.3 Å². The monoisotopic (exact) mass is 662 g/mol. The molecular weight excluding hydrogens is 627 g/mol. The molecule has 1 N–H and O–H groups in total. The third-order valence-corrected chi connectivity index (χ3v) is 8.80. The average molecular weight is 663 g/mol. The van der Waals surface area contributed by atoms with Crippen LogP contribution in [0.4, 0.5) is 27.6 Å². The molecule has 0 radical (unpaired) electrons. The van der Waals surface area contributed by atoms with Gasteiger partial charge in [0, 0.05) is 43.4 Å². The van der Waals surface area contributed by atoms with Crippen LogP contribution < -0.4 is 20.5 Å². The Bertz CT molecular complexity index is 1750. The Kier molecular flexibility index (Phi) is 9.71. The number of benzene rings is 2. The van der Waals surface area contributed by atoms with E-state index in [4.69, 9.17) is 9.47 Å². The van der Waals surface area contributed by atoms with Gasteiger partial charge in [0.1, 0.15) is 34.7 Å². The quantitative estimate of drug-likeness (QED) is 0.348. The smallest absolute Gasteiger partial charge is 0.411 e. The summed E-state index contributed by atoms with van der Waals surface area (Å²) < 4.78 is 83.7. The molecule has 2 aromatic carbocycles. The van der Waals surface area contributed by atoms with E-state index in [1.165, 1.54) is 4.57 Å². The number of hydrogen-bond donors (Lipinski definition) is 1. The van der Waals surface area contributed by atoms with Crippen LogP contribution in [0.1, 0.15) is 52.6 Å². The van der Waals surface area contributed by atoms with Crippen LogP contribution in [0.25, 0.3) is 11.3 Å². The zero-order valence-electron chi connectivity index (χ0n) is 26.4. The number of alkyl halides is 3. The highest BCUT2D eigenvalue weighted by Crippen LogP contribution is 2.38. The van der Waals surface area contributed by atoms with E-state index in [0.717, 1.165) is 16.2 Å². The van der Waals surface area contributed by atoms with Crippen molar-refractivity contribution >= 4 is 17.4 Å². The molecule has 5 rings (SSSR count). The number of ether oxygens (including phenoxy) is 2. The zero-order chi connectivity index (χ0) is 34.2. The van der Waals surface area contributed by atoms with E-state index in [9.17, 15) is 27.6 Å². The topological polar surface area (TPSA) is 103 Å². The molecule has 0 bridgehead atoms. The predicted octanol–water partition coefficient (Wildman–Crippen LogP) is 4.76. The lowest BCUT2D eigenvalue weighted by Gasteiger charge is -2.38. The summed E-state index contributed by atoms with van der Waals surface area (Å²) in [5.74, 6) is -3.92. The second-order valence-electron chi connectivity index (χ2n) is 11.7. The number of aromatic nitrogens is 2. The second-order valence-corrected chi connectivity index (χ2v) is 11.7. The Morgan fingerprint density at radius 3 is 2.49 bits per heavy atom. The van der Waals surface area contributed by atoms with Gasteiger partial charge >= 0.3 is 6.18 Å². The number of ketones is 1. The van der Waals surface area contributed by atoms with E-state index >= 15 is 8.78 Å². The minimum atomic E-state index is -4.72. The summed E-state index contributed by atoms with van der Waals surface area (Å²) in [6.07, 6.45) is -3.54. The van der Waals surface area contributed by atoms with Gasteiger partial charge in [-0.25, -0.2) is 13.8 Å². The van der Waals surface area contributed by atoms with E-state index in [-0.39, 0.29) is 42.9 Å². The minimum absolute atomic E-state index is 0.00406. The molecule has 3 heterocycles. The Morgan fingerprint density at radius 2 is 1.83 bits per heavy atom. The summed E-state index contributed by atoms with van der Waals surface area (Å²) in [4.78, 5) is 44.7. The van der Waals surface area contributed by atoms with Crippen LogP contribution in [0.2, 0.25) is 0 Å². The number of halogens is 5. The molecule has 1 aromatic heterocycles. The maximum absolute atomic E-state index is 15.3. The number of amides is 1. The summed E-state index contributed by atoms with van der Waals surface area (Å²) in [7, 11) is 1.66. The lowest BCUT2D eigenvalue weighted by molar-refractivity contribution is -0.167. The third-order valence-electron chi connectivity index (χ3n) is 8.80. The van der Waals surface area contributed by atoms with E-state index in [0.29, 0.717) is 54.2 Å². The minimum Gasteiger partial charge on any atom is -0.493 e. The first-order valence-electron chi connectivity index (χ1n) is 15.3. The normalized spacial score (nSPS) is 17.1. The fourth-order valence-corrected chi connectivity index (χ4v) is 6.00. The Hall–Kier alpha value is -4.33. The van der Waals surface area contributed by atoms with Gasteiger partial charge in [-0.15, -0.1) is 0 Å². The number of anilines is 1. The molecule has 9 nitrogen and oxygen atoms in total. The first-order valence-corrected chi connectivity index (χ1v) is 15.3. The number of Topliss-reactive ketones (excluding diaryl/α,β-unsaturated/α-hetero) is 1. The van der Waals surface area contributed by atoms with Gasteiger partial charge < -0.3 is 24.3 Å². The molecule has 47 heavy (non-hydrogen) atoms. The van der Waals surface area contributed by atoms with E-state index in [1.54, 1.807) is 40.0 Å². The number of nitrogens with zero attached hydrogens (tertiary/aromatic N) is 3. The first kappa shape index (κ1) is 34.0. The summed E-state index contributed by atoms with van der Waals surface area (Å²) in [5.41, 5.74) is 1.75. The molecular formula is C33H35F5N4O5. The van der Waals surface area contributed by atoms with Crippen molar-refractivity contribution < 1.29 is 41.0 Å². The molecule has 0 unspecified atom stereocenters. The van der Waals surface area contributed by atoms with Gasteiger partial charge in [-0.1, -0.05) is 13.0 Å².